The highest BCUT2D eigenvalue weighted by molar-refractivity contribution is 5.82. The van der Waals surface area contributed by atoms with Gasteiger partial charge in [0, 0.05) is 13.1 Å². The maximum absolute atomic E-state index is 12.4. The van der Waals surface area contributed by atoms with E-state index in [1.165, 1.54) is 11.1 Å². The molecule has 0 saturated carbocycles. The summed E-state index contributed by atoms with van der Waals surface area (Å²) >= 11 is 0. The van der Waals surface area contributed by atoms with Gasteiger partial charge in [-0.05, 0) is 30.9 Å². The molecule has 1 rings (SSSR count). The lowest BCUT2D eigenvalue weighted by molar-refractivity contribution is -0.134. The predicted octanol–water partition coefficient (Wildman–Crippen LogP) is 2.72. The number of aryl methyl sites for hydroxylation is 1. The van der Waals surface area contributed by atoms with E-state index in [2.05, 4.69) is 26.0 Å². The summed E-state index contributed by atoms with van der Waals surface area (Å²) in [5.74, 6) is 0.276. The molecule has 0 radical (unpaired) electrons. The second-order valence-corrected chi connectivity index (χ2v) is 5.19. The maximum Gasteiger partial charge on any atom is 0.240 e. The molecule has 0 aliphatic rings. The second-order valence-electron chi connectivity index (χ2n) is 5.19. The molecule has 0 saturated heterocycles. The molecule has 1 aromatic rings. The highest BCUT2D eigenvalue weighted by Gasteiger charge is 2.24. The van der Waals surface area contributed by atoms with Crippen LogP contribution in [0, 0.1) is 12.8 Å². The maximum atomic E-state index is 12.4. The van der Waals surface area contributed by atoms with Gasteiger partial charge in [-0.3, -0.25) is 4.79 Å². The summed E-state index contributed by atoms with van der Waals surface area (Å²) in [5.41, 5.74) is 8.45. The van der Waals surface area contributed by atoms with Crippen LogP contribution in [0.2, 0.25) is 0 Å². The summed E-state index contributed by atoms with van der Waals surface area (Å²) in [4.78, 5) is 14.2. The van der Waals surface area contributed by atoms with Crippen molar-refractivity contribution in [2.45, 2.75) is 46.7 Å². The van der Waals surface area contributed by atoms with Crippen molar-refractivity contribution < 1.29 is 4.79 Å². The molecule has 0 aromatic heterocycles. The largest absolute Gasteiger partial charge is 0.337 e. The lowest BCUT2D eigenvalue weighted by atomic mass is 9.98. The van der Waals surface area contributed by atoms with Crippen LogP contribution in [-0.4, -0.2) is 23.4 Å². The highest BCUT2D eigenvalue weighted by Crippen LogP contribution is 2.14. The van der Waals surface area contributed by atoms with Gasteiger partial charge in [0.25, 0.3) is 0 Å². The van der Waals surface area contributed by atoms with Gasteiger partial charge in [-0.1, -0.05) is 44.5 Å². The first-order valence-electron chi connectivity index (χ1n) is 7.10. The SMILES string of the molecule is CCC(C)C(N)C(=O)N(CC)Cc1ccccc1C. The lowest BCUT2D eigenvalue weighted by Gasteiger charge is -2.27. The molecule has 19 heavy (non-hydrogen) atoms. The van der Waals surface area contributed by atoms with Gasteiger partial charge in [-0.25, -0.2) is 0 Å². The Balaban J connectivity index is 2.79. The molecule has 3 heteroatoms. The quantitative estimate of drug-likeness (QED) is 0.857. The number of likely N-dealkylation sites (N-methyl/N-ethyl adjacent to an activating group) is 1. The standard InChI is InChI=1S/C16H26N2O/c1-5-12(3)15(17)16(19)18(6-2)11-14-10-8-7-9-13(14)4/h7-10,12,15H,5-6,11,17H2,1-4H3. The third-order valence-corrected chi connectivity index (χ3v) is 3.86. The number of rotatable bonds is 6. The smallest absolute Gasteiger partial charge is 0.240 e. The summed E-state index contributed by atoms with van der Waals surface area (Å²) in [5, 5.41) is 0. The Bertz CT molecular complexity index is 417. The third kappa shape index (κ3) is 4.06. The first kappa shape index (κ1) is 15.7. The van der Waals surface area contributed by atoms with E-state index in [-0.39, 0.29) is 11.8 Å². The molecule has 0 aliphatic carbocycles. The van der Waals surface area contributed by atoms with E-state index in [4.69, 9.17) is 5.73 Å². The molecule has 2 N–H and O–H groups in total. The van der Waals surface area contributed by atoms with E-state index in [0.29, 0.717) is 13.1 Å². The van der Waals surface area contributed by atoms with Crippen molar-refractivity contribution in [3.8, 4) is 0 Å². The van der Waals surface area contributed by atoms with Crippen LogP contribution in [0.1, 0.15) is 38.3 Å². The molecule has 1 aromatic carbocycles. The number of carbonyl (C=O) groups is 1. The Hall–Kier alpha value is -1.35. The van der Waals surface area contributed by atoms with Gasteiger partial charge in [0.05, 0.1) is 6.04 Å². The fourth-order valence-corrected chi connectivity index (χ4v) is 2.05. The minimum atomic E-state index is -0.394. The van der Waals surface area contributed by atoms with Crippen molar-refractivity contribution in [1.29, 1.82) is 0 Å². The Morgan fingerprint density at radius 2 is 1.95 bits per heavy atom. The first-order valence-corrected chi connectivity index (χ1v) is 7.10. The topological polar surface area (TPSA) is 46.3 Å². The number of nitrogens with two attached hydrogens (primary N) is 1. The van der Waals surface area contributed by atoms with Crippen molar-refractivity contribution in [3.05, 3.63) is 35.4 Å². The summed E-state index contributed by atoms with van der Waals surface area (Å²) in [6, 6.07) is 7.77. The van der Waals surface area contributed by atoms with Crippen molar-refractivity contribution in [2.75, 3.05) is 6.54 Å². The molecule has 3 nitrogen and oxygen atoms in total. The number of hydrogen-bond acceptors (Lipinski definition) is 2. The minimum Gasteiger partial charge on any atom is -0.337 e. The van der Waals surface area contributed by atoms with E-state index in [0.717, 1.165) is 6.42 Å². The van der Waals surface area contributed by atoms with Gasteiger partial charge in [-0.15, -0.1) is 0 Å². The summed E-state index contributed by atoms with van der Waals surface area (Å²) in [6.45, 7) is 9.50. The molecule has 0 fully saturated rings. The Morgan fingerprint density at radius 3 is 2.47 bits per heavy atom. The van der Waals surface area contributed by atoms with Gasteiger partial charge < -0.3 is 10.6 Å². The first-order chi connectivity index (χ1) is 9.01. The van der Waals surface area contributed by atoms with Crippen LogP contribution in [-0.2, 0) is 11.3 Å². The van der Waals surface area contributed by atoms with Crippen LogP contribution in [0.4, 0.5) is 0 Å². The highest BCUT2D eigenvalue weighted by atomic mass is 16.2. The molecule has 0 spiro atoms. The predicted molar refractivity (Wildman–Crippen MR) is 79.7 cm³/mol. The molecule has 1 amide bonds. The van der Waals surface area contributed by atoms with Gasteiger partial charge in [0.1, 0.15) is 0 Å². The number of amides is 1. The van der Waals surface area contributed by atoms with E-state index >= 15 is 0 Å². The molecule has 0 bridgehead atoms. The Morgan fingerprint density at radius 1 is 1.32 bits per heavy atom. The van der Waals surface area contributed by atoms with Crippen molar-refractivity contribution in [3.63, 3.8) is 0 Å². The Kier molecular flexibility index (Phi) is 6.03. The number of hydrogen-bond donors (Lipinski definition) is 1. The van der Waals surface area contributed by atoms with E-state index in [1.54, 1.807) is 0 Å². The zero-order valence-corrected chi connectivity index (χ0v) is 12.5. The molecular formula is C16H26N2O. The van der Waals surface area contributed by atoms with Crippen molar-refractivity contribution in [2.24, 2.45) is 11.7 Å². The molecular weight excluding hydrogens is 236 g/mol. The van der Waals surface area contributed by atoms with Crippen LogP contribution in [0.15, 0.2) is 24.3 Å². The summed E-state index contributed by atoms with van der Waals surface area (Å²) in [6.07, 6.45) is 0.925. The van der Waals surface area contributed by atoms with Crippen LogP contribution < -0.4 is 5.73 Å². The molecule has 0 heterocycles. The van der Waals surface area contributed by atoms with Gasteiger partial charge in [0.15, 0.2) is 0 Å². The van der Waals surface area contributed by atoms with Crippen LogP contribution in [0.25, 0.3) is 0 Å². The normalized spacial score (nSPS) is 13.9. The fraction of sp³-hybridized carbons (Fsp3) is 0.562. The second kappa shape index (κ2) is 7.29. The minimum absolute atomic E-state index is 0.0557. The average Bonchev–Trinajstić information content (AvgIpc) is 2.44. The van der Waals surface area contributed by atoms with Crippen LogP contribution >= 0.6 is 0 Å². The molecule has 106 valence electrons. The van der Waals surface area contributed by atoms with E-state index in [9.17, 15) is 4.79 Å². The fourth-order valence-electron chi connectivity index (χ4n) is 2.05. The van der Waals surface area contributed by atoms with Crippen molar-refractivity contribution in [1.82, 2.24) is 4.90 Å². The molecule has 2 atom stereocenters. The third-order valence-electron chi connectivity index (χ3n) is 3.86. The Labute approximate surface area is 116 Å². The molecule has 2 unspecified atom stereocenters. The van der Waals surface area contributed by atoms with E-state index in [1.807, 2.05) is 30.9 Å². The number of benzene rings is 1. The van der Waals surface area contributed by atoms with Crippen LogP contribution in [0.5, 0.6) is 0 Å². The van der Waals surface area contributed by atoms with Gasteiger partial charge >= 0.3 is 0 Å². The average molecular weight is 262 g/mol. The summed E-state index contributed by atoms with van der Waals surface area (Å²) in [7, 11) is 0. The zero-order chi connectivity index (χ0) is 14.4. The summed E-state index contributed by atoms with van der Waals surface area (Å²) < 4.78 is 0. The number of nitrogens with zero attached hydrogens (tertiary/aromatic N) is 1. The zero-order valence-electron chi connectivity index (χ0n) is 12.5. The monoisotopic (exact) mass is 262 g/mol. The number of carbonyl (C=O) groups excluding carboxylic acids is 1. The van der Waals surface area contributed by atoms with Gasteiger partial charge in [0.2, 0.25) is 5.91 Å². The lowest BCUT2D eigenvalue weighted by Crippen LogP contribution is -2.46. The van der Waals surface area contributed by atoms with Crippen molar-refractivity contribution >= 4 is 5.91 Å². The van der Waals surface area contributed by atoms with Crippen LogP contribution in [0.3, 0.4) is 0 Å². The van der Waals surface area contributed by atoms with E-state index < -0.39 is 6.04 Å². The van der Waals surface area contributed by atoms with Gasteiger partial charge in [-0.2, -0.15) is 0 Å². The molecule has 0 aliphatic heterocycles.